The molecule has 3 aromatic rings. The third kappa shape index (κ3) is 5.61. The number of esters is 1. The van der Waals surface area contributed by atoms with Gasteiger partial charge in [0.25, 0.3) is 0 Å². The lowest BCUT2D eigenvalue weighted by molar-refractivity contribution is -0.136. The lowest BCUT2D eigenvalue weighted by atomic mass is 10.3. The van der Waals surface area contributed by atoms with Crippen LogP contribution in [0.1, 0.15) is 13.8 Å². The molecular formula is C23H22O6S. The van der Waals surface area contributed by atoms with Gasteiger partial charge in [-0.15, -0.1) is 0 Å². The summed E-state index contributed by atoms with van der Waals surface area (Å²) in [4.78, 5) is 12.2. The highest BCUT2D eigenvalue weighted by molar-refractivity contribution is 7.91. The minimum Gasteiger partial charge on any atom is -0.491 e. The van der Waals surface area contributed by atoms with Gasteiger partial charge in [0, 0.05) is 0 Å². The van der Waals surface area contributed by atoms with Crippen molar-refractivity contribution in [3.8, 4) is 17.2 Å². The van der Waals surface area contributed by atoms with E-state index in [9.17, 15) is 13.2 Å². The van der Waals surface area contributed by atoms with E-state index in [-0.39, 0.29) is 28.3 Å². The van der Waals surface area contributed by atoms with Crippen molar-refractivity contribution >= 4 is 15.8 Å². The lowest BCUT2D eigenvalue weighted by Gasteiger charge is -2.11. The monoisotopic (exact) mass is 426 g/mol. The van der Waals surface area contributed by atoms with Crippen LogP contribution in [0.4, 0.5) is 0 Å². The van der Waals surface area contributed by atoms with Crippen molar-refractivity contribution in [2.45, 2.75) is 29.7 Å². The molecule has 0 bridgehead atoms. The molecule has 0 aromatic heterocycles. The second-order valence-corrected chi connectivity index (χ2v) is 8.64. The molecule has 0 spiro atoms. The standard InChI is InChI=1S/C23H22O6S/c1-17(2)28-19-8-12-21(13-9-19)30(25,26)22-14-10-20(11-15-22)29-23(24)16-27-18-6-4-3-5-7-18/h3-15,17H,16H2,1-2H3. The maximum absolute atomic E-state index is 12.8. The van der Waals surface area contributed by atoms with Gasteiger partial charge in [-0.3, -0.25) is 0 Å². The van der Waals surface area contributed by atoms with Crippen LogP contribution >= 0.6 is 0 Å². The van der Waals surface area contributed by atoms with E-state index in [1.165, 1.54) is 36.4 Å². The summed E-state index contributed by atoms with van der Waals surface area (Å²) < 4.78 is 41.6. The Morgan fingerprint density at radius 3 is 1.83 bits per heavy atom. The average molecular weight is 426 g/mol. The van der Waals surface area contributed by atoms with Gasteiger partial charge in [-0.05, 0) is 74.5 Å². The van der Waals surface area contributed by atoms with Crippen LogP contribution in [0.2, 0.25) is 0 Å². The van der Waals surface area contributed by atoms with Crippen molar-refractivity contribution in [3.63, 3.8) is 0 Å². The van der Waals surface area contributed by atoms with E-state index in [0.29, 0.717) is 11.5 Å². The van der Waals surface area contributed by atoms with Gasteiger partial charge in [0.15, 0.2) is 6.61 Å². The summed E-state index contributed by atoms with van der Waals surface area (Å²) >= 11 is 0. The van der Waals surface area contributed by atoms with Gasteiger partial charge >= 0.3 is 5.97 Å². The van der Waals surface area contributed by atoms with Crippen LogP contribution in [-0.4, -0.2) is 27.1 Å². The quantitative estimate of drug-likeness (QED) is 0.395. The van der Waals surface area contributed by atoms with Gasteiger partial charge in [0.2, 0.25) is 9.84 Å². The normalized spacial score (nSPS) is 11.2. The first-order valence-electron chi connectivity index (χ1n) is 9.35. The molecule has 3 aromatic carbocycles. The molecule has 0 aliphatic rings. The number of ether oxygens (including phenoxy) is 3. The number of sulfone groups is 1. The number of rotatable bonds is 8. The zero-order valence-electron chi connectivity index (χ0n) is 16.6. The van der Waals surface area contributed by atoms with E-state index in [2.05, 4.69) is 0 Å². The predicted octanol–water partition coefficient (Wildman–Crippen LogP) is 4.29. The van der Waals surface area contributed by atoms with Crippen molar-refractivity contribution in [2.75, 3.05) is 6.61 Å². The highest BCUT2D eigenvalue weighted by Crippen LogP contribution is 2.25. The fourth-order valence-corrected chi connectivity index (χ4v) is 3.87. The Morgan fingerprint density at radius 2 is 1.30 bits per heavy atom. The Labute approximate surface area is 175 Å². The first kappa shape index (κ1) is 21.4. The van der Waals surface area contributed by atoms with Crippen LogP contribution < -0.4 is 14.2 Å². The Bertz CT molecular complexity index is 1070. The molecule has 0 heterocycles. The third-order valence-electron chi connectivity index (χ3n) is 3.97. The minimum atomic E-state index is -3.70. The molecule has 0 aliphatic heterocycles. The van der Waals surface area contributed by atoms with Crippen molar-refractivity contribution in [1.82, 2.24) is 0 Å². The first-order valence-corrected chi connectivity index (χ1v) is 10.8. The summed E-state index contributed by atoms with van der Waals surface area (Å²) in [6.07, 6.45) is 0.000745. The van der Waals surface area contributed by atoms with E-state index < -0.39 is 15.8 Å². The zero-order chi connectivity index (χ0) is 21.6. The summed E-state index contributed by atoms with van der Waals surface area (Å²) in [5.74, 6) is 0.802. The van der Waals surface area contributed by atoms with Crippen molar-refractivity contribution in [1.29, 1.82) is 0 Å². The molecule has 0 saturated carbocycles. The summed E-state index contributed by atoms with van der Waals surface area (Å²) in [6, 6.07) is 20.8. The van der Waals surface area contributed by atoms with Crippen LogP contribution in [-0.2, 0) is 14.6 Å². The van der Waals surface area contributed by atoms with E-state index >= 15 is 0 Å². The molecule has 7 heteroatoms. The molecule has 3 rings (SSSR count). The molecular weight excluding hydrogens is 404 g/mol. The highest BCUT2D eigenvalue weighted by atomic mass is 32.2. The van der Waals surface area contributed by atoms with Crippen LogP contribution in [0, 0.1) is 0 Å². The molecule has 0 atom stereocenters. The number of para-hydroxylation sites is 1. The van der Waals surface area contributed by atoms with E-state index in [1.807, 2.05) is 19.9 Å². The number of benzene rings is 3. The average Bonchev–Trinajstić information content (AvgIpc) is 2.73. The van der Waals surface area contributed by atoms with E-state index in [4.69, 9.17) is 14.2 Å². The summed E-state index contributed by atoms with van der Waals surface area (Å²) in [6.45, 7) is 3.54. The molecule has 6 nitrogen and oxygen atoms in total. The second-order valence-electron chi connectivity index (χ2n) is 6.69. The fraction of sp³-hybridized carbons (Fsp3) is 0.174. The maximum Gasteiger partial charge on any atom is 0.349 e. The molecule has 156 valence electrons. The minimum absolute atomic E-state index is 0.000745. The molecule has 0 saturated heterocycles. The molecule has 0 amide bonds. The number of hydrogen-bond donors (Lipinski definition) is 0. The van der Waals surface area contributed by atoms with Gasteiger partial charge in [-0.2, -0.15) is 0 Å². The van der Waals surface area contributed by atoms with Crippen molar-refractivity contribution in [3.05, 3.63) is 78.9 Å². The highest BCUT2D eigenvalue weighted by Gasteiger charge is 2.18. The topological polar surface area (TPSA) is 78.9 Å². The van der Waals surface area contributed by atoms with Crippen molar-refractivity contribution in [2.24, 2.45) is 0 Å². The summed E-state index contributed by atoms with van der Waals surface area (Å²) in [7, 11) is -3.70. The predicted molar refractivity (Wildman–Crippen MR) is 112 cm³/mol. The van der Waals surface area contributed by atoms with E-state index in [0.717, 1.165) is 0 Å². The molecule has 30 heavy (non-hydrogen) atoms. The Balaban J connectivity index is 1.63. The zero-order valence-corrected chi connectivity index (χ0v) is 17.5. The van der Waals surface area contributed by atoms with Crippen LogP contribution in [0.25, 0.3) is 0 Å². The first-order chi connectivity index (χ1) is 14.3. The lowest BCUT2D eigenvalue weighted by Crippen LogP contribution is -2.17. The molecule has 0 N–H and O–H groups in total. The van der Waals surface area contributed by atoms with Gasteiger partial charge < -0.3 is 14.2 Å². The van der Waals surface area contributed by atoms with Gasteiger partial charge in [0.05, 0.1) is 15.9 Å². The van der Waals surface area contributed by atoms with Crippen LogP contribution in [0.5, 0.6) is 17.2 Å². The van der Waals surface area contributed by atoms with Gasteiger partial charge in [-0.1, -0.05) is 18.2 Å². The SMILES string of the molecule is CC(C)Oc1ccc(S(=O)(=O)c2ccc(OC(=O)COc3ccccc3)cc2)cc1. The summed E-state index contributed by atoms with van der Waals surface area (Å²) in [5, 5.41) is 0. The fourth-order valence-electron chi connectivity index (χ4n) is 2.61. The largest absolute Gasteiger partial charge is 0.491 e. The van der Waals surface area contributed by atoms with Crippen LogP contribution in [0.15, 0.2) is 88.7 Å². The molecule has 0 aliphatic carbocycles. The second kappa shape index (κ2) is 9.45. The maximum atomic E-state index is 12.8. The summed E-state index contributed by atoms with van der Waals surface area (Å²) in [5.41, 5.74) is 0. The third-order valence-corrected chi connectivity index (χ3v) is 5.76. The number of hydrogen-bond acceptors (Lipinski definition) is 6. The Hall–Kier alpha value is -3.32. The van der Waals surface area contributed by atoms with Gasteiger partial charge in [-0.25, -0.2) is 13.2 Å². The number of carbonyl (C=O) groups is 1. The smallest absolute Gasteiger partial charge is 0.349 e. The Kier molecular flexibility index (Phi) is 6.74. The van der Waals surface area contributed by atoms with Gasteiger partial charge in [0.1, 0.15) is 17.2 Å². The van der Waals surface area contributed by atoms with Crippen molar-refractivity contribution < 1.29 is 27.4 Å². The Morgan fingerprint density at radius 1 is 0.767 bits per heavy atom. The molecule has 0 fully saturated rings. The van der Waals surface area contributed by atoms with E-state index in [1.54, 1.807) is 36.4 Å². The number of carbonyl (C=O) groups excluding carboxylic acids is 1. The molecule has 0 radical (unpaired) electrons. The van der Waals surface area contributed by atoms with Crippen LogP contribution in [0.3, 0.4) is 0 Å². The molecule has 0 unspecified atom stereocenters.